The van der Waals surface area contributed by atoms with Crippen LogP contribution < -0.4 is 4.74 Å². The minimum absolute atomic E-state index is 0.675. The van der Waals surface area contributed by atoms with Gasteiger partial charge in [0.25, 0.3) is 0 Å². The Morgan fingerprint density at radius 3 is 2.50 bits per heavy atom. The van der Waals surface area contributed by atoms with E-state index in [4.69, 9.17) is 10.00 Å². The number of benzene rings is 1. The van der Waals surface area contributed by atoms with Crippen LogP contribution in [-0.4, -0.2) is 30.6 Å². The second kappa shape index (κ2) is 7.31. The van der Waals surface area contributed by atoms with E-state index < -0.39 is 0 Å². The van der Waals surface area contributed by atoms with Crippen LogP contribution in [-0.2, 0) is 0 Å². The van der Waals surface area contributed by atoms with Gasteiger partial charge >= 0.3 is 0 Å². The molecule has 3 nitrogen and oxygen atoms in total. The molecule has 0 radical (unpaired) electrons. The van der Waals surface area contributed by atoms with Crippen molar-refractivity contribution in [3.63, 3.8) is 0 Å². The molecule has 0 spiro atoms. The third-order valence-electron chi connectivity index (χ3n) is 3.69. The fourth-order valence-electron chi connectivity index (χ4n) is 2.25. The summed E-state index contributed by atoms with van der Waals surface area (Å²) < 4.78 is 5.77. The second-order valence-electron chi connectivity index (χ2n) is 5.93. The lowest BCUT2D eigenvalue weighted by Crippen LogP contribution is -2.32. The smallest absolute Gasteiger partial charge is 0.119 e. The zero-order valence-corrected chi connectivity index (χ0v) is 12.5. The van der Waals surface area contributed by atoms with Crippen LogP contribution in [0.1, 0.15) is 38.7 Å². The Morgan fingerprint density at radius 2 is 1.95 bits per heavy atom. The van der Waals surface area contributed by atoms with E-state index in [2.05, 4.69) is 24.8 Å². The fourth-order valence-corrected chi connectivity index (χ4v) is 2.25. The molecule has 1 fully saturated rings. The molecule has 1 aliphatic carbocycles. The van der Waals surface area contributed by atoms with Gasteiger partial charge in [0.05, 0.1) is 11.6 Å². The predicted octanol–water partition coefficient (Wildman–Crippen LogP) is 3.45. The van der Waals surface area contributed by atoms with E-state index in [1.54, 1.807) is 12.1 Å². The van der Waals surface area contributed by atoms with Gasteiger partial charge in [-0.2, -0.15) is 5.26 Å². The third-order valence-corrected chi connectivity index (χ3v) is 3.69. The lowest BCUT2D eigenvalue weighted by atomic mass is 10.1. The van der Waals surface area contributed by atoms with E-state index in [0.29, 0.717) is 5.56 Å². The highest BCUT2D eigenvalue weighted by atomic mass is 16.5. The zero-order chi connectivity index (χ0) is 14.4. The highest BCUT2D eigenvalue weighted by Crippen LogP contribution is 2.27. The monoisotopic (exact) mass is 272 g/mol. The average Bonchev–Trinajstić information content (AvgIpc) is 3.27. The molecule has 1 aromatic carbocycles. The summed E-state index contributed by atoms with van der Waals surface area (Å²) in [6.45, 7) is 7.45. The highest BCUT2D eigenvalue weighted by molar-refractivity contribution is 5.34. The van der Waals surface area contributed by atoms with Gasteiger partial charge in [0.15, 0.2) is 0 Å². The quantitative estimate of drug-likeness (QED) is 0.727. The SMILES string of the molecule is CC(C)CCN(CCOc1ccc(C#N)cc1)C1CC1. The van der Waals surface area contributed by atoms with Crippen LogP contribution in [0.2, 0.25) is 0 Å². The first-order valence-electron chi connectivity index (χ1n) is 7.56. The van der Waals surface area contributed by atoms with Crippen molar-refractivity contribution >= 4 is 0 Å². The topological polar surface area (TPSA) is 36.3 Å². The van der Waals surface area contributed by atoms with E-state index in [9.17, 15) is 0 Å². The number of nitriles is 1. The summed E-state index contributed by atoms with van der Waals surface area (Å²) in [4.78, 5) is 2.56. The Kier molecular flexibility index (Phi) is 5.43. The molecule has 108 valence electrons. The first kappa shape index (κ1) is 14.9. The molecule has 3 heteroatoms. The average molecular weight is 272 g/mol. The van der Waals surface area contributed by atoms with Crippen LogP contribution in [0.15, 0.2) is 24.3 Å². The van der Waals surface area contributed by atoms with Crippen molar-refractivity contribution in [2.24, 2.45) is 5.92 Å². The highest BCUT2D eigenvalue weighted by Gasteiger charge is 2.28. The van der Waals surface area contributed by atoms with E-state index in [1.165, 1.54) is 25.8 Å². The minimum Gasteiger partial charge on any atom is -0.492 e. The van der Waals surface area contributed by atoms with Gasteiger partial charge in [-0.25, -0.2) is 0 Å². The van der Waals surface area contributed by atoms with Gasteiger partial charge in [-0.1, -0.05) is 13.8 Å². The van der Waals surface area contributed by atoms with Crippen LogP contribution in [0.3, 0.4) is 0 Å². The third kappa shape index (κ3) is 4.86. The Balaban J connectivity index is 1.73. The van der Waals surface area contributed by atoms with Gasteiger partial charge in [-0.3, -0.25) is 4.90 Å². The van der Waals surface area contributed by atoms with Crippen LogP contribution in [0, 0.1) is 17.2 Å². The van der Waals surface area contributed by atoms with Crippen molar-refractivity contribution < 1.29 is 4.74 Å². The molecule has 2 rings (SSSR count). The Morgan fingerprint density at radius 1 is 1.25 bits per heavy atom. The van der Waals surface area contributed by atoms with Gasteiger partial charge < -0.3 is 4.74 Å². The molecule has 0 saturated heterocycles. The molecule has 0 atom stereocenters. The molecule has 1 saturated carbocycles. The first-order valence-corrected chi connectivity index (χ1v) is 7.56. The number of hydrogen-bond donors (Lipinski definition) is 0. The number of rotatable bonds is 8. The van der Waals surface area contributed by atoms with Crippen molar-refractivity contribution in [2.75, 3.05) is 19.7 Å². The van der Waals surface area contributed by atoms with Crippen LogP contribution in [0.4, 0.5) is 0 Å². The minimum atomic E-state index is 0.675. The Labute approximate surface area is 122 Å². The van der Waals surface area contributed by atoms with E-state index >= 15 is 0 Å². The number of hydrogen-bond acceptors (Lipinski definition) is 3. The van der Waals surface area contributed by atoms with Gasteiger partial charge in [0, 0.05) is 12.6 Å². The van der Waals surface area contributed by atoms with E-state index in [0.717, 1.165) is 30.9 Å². The van der Waals surface area contributed by atoms with Gasteiger partial charge in [-0.05, 0) is 56.0 Å². The van der Waals surface area contributed by atoms with Crippen LogP contribution >= 0.6 is 0 Å². The van der Waals surface area contributed by atoms with Crippen molar-refractivity contribution in [2.45, 2.75) is 39.2 Å². The number of nitrogens with zero attached hydrogens (tertiary/aromatic N) is 2. The molecular weight excluding hydrogens is 248 g/mol. The molecule has 1 aliphatic rings. The van der Waals surface area contributed by atoms with Gasteiger partial charge in [0.1, 0.15) is 12.4 Å². The lowest BCUT2D eigenvalue weighted by molar-refractivity contribution is 0.194. The largest absolute Gasteiger partial charge is 0.492 e. The molecular formula is C17H24N2O. The van der Waals surface area contributed by atoms with Crippen LogP contribution in [0.5, 0.6) is 5.75 Å². The fraction of sp³-hybridized carbons (Fsp3) is 0.588. The molecule has 0 bridgehead atoms. The maximum atomic E-state index is 8.75. The first-order chi connectivity index (χ1) is 9.69. The molecule has 1 aromatic rings. The van der Waals surface area contributed by atoms with Gasteiger partial charge in [0.2, 0.25) is 0 Å². The standard InChI is InChI=1S/C17H24N2O/c1-14(2)9-10-19(16-5-6-16)11-12-20-17-7-3-15(13-18)4-8-17/h3-4,7-8,14,16H,5-6,9-12H2,1-2H3. The van der Waals surface area contributed by atoms with Crippen LogP contribution in [0.25, 0.3) is 0 Å². The summed E-state index contributed by atoms with van der Waals surface area (Å²) in [5.74, 6) is 1.61. The maximum absolute atomic E-state index is 8.75. The Hall–Kier alpha value is -1.53. The summed E-state index contributed by atoms with van der Waals surface area (Å²) in [5.41, 5.74) is 0.675. The van der Waals surface area contributed by atoms with Crippen molar-refractivity contribution in [3.05, 3.63) is 29.8 Å². The Bertz CT molecular complexity index is 443. The zero-order valence-electron chi connectivity index (χ0n) is 12.5. The number of ether oxygens (including phenoxy) is 1. The molecule has 0 unspecified atom stereocenters. The second-order valence-corrected chi connectivity index (χ2v) is 5.93. The molecule has 20 heavy (non-hydrogen) atoms. The van der Waals surface area contributed by atoms with Crippen molar-refractivity contribution in [1.82, 2.24) is 4.90 Å². The molecule has 0 N–H and O–H groups in total. The predicted molar refractivity (Wildman–Crippen MR) is 80.7 cm³/mol. The normalized spacial score (nSPS) is 14.6. The molecule has 0 amide bonds. The summed E-state index contributed by atoms with van der Waals surface area (Å²) in [6.07, 6.45) is 3.94. The summed E-state index contributed by atoms with van der Waals surface area (Å²) >= 11 is 0. The molecule has 0 aliphatic heterocycles. The molecule has 0 heterocycles. The van der Waals surface area contributed by atoms with Crippen molar-refractivity contribution in [3.8, 4) is 11.8 Å². The lowest BCUT2D eigenvalue weighted by Gasteiger charge is -2.22. The summed E-state index contributed by atoms with van der Waals surface area (Å²) in [5, 5.41) is 8.75. The van der Waals surface area contributed by atoms with Crippen molar-refractivity contribution in [1.29, 1.82) is 5.26 Å². The van der Waals surface area contributed by atoms with Gasteiger partial charge in [-0.15, -0.1) is 0 Å². The summed E-state index contributed by atoms with van der Waals surface area (Å²) in [7, 11) is 0. The maximum Gasteiger partial charge on any atom is 0.119 e. The summed E-state index contributed by atoms with van der Waals surface area (Å²) in [6, 6.07) is 10.2. The van der Waals surface area contributed by atoms with E-state index in [1.807, 2.05) is 12.1 Å². The molecule has 0 aromatic heterocycles. The van der Waals surface area contributed by atoms with E-state index in [-0.39, 0.29) is 0 Å².